The Kier molecular flexibility index (Phi) is 3.24. The second kappa shape index (κ2) is 4.83. The molecule has 0 heterocycles. The van der Waals surface area contributed by atoms with Crippen LogP contribution in [0, 0.1) is 6.92 Å². The van der Waals surface area contributed by atoms with Gasteiger partial charge in [-0.25, -0.2) is 0 Å². The third-order valence-corrected chi connectivity index (χ3v) is 2.58. The molecule has 2 rings (SSSR count). The number of aryl methyl sites for hydroxylation is 1. The zero-order chi connectivity index (χ0) is 12.3. The van der Waals surface area contributed by atoms with Crippen LogP contribution in [-0.4, -0.2) is 12.9 Å². The summed E-state index contributed by atoms with van der Waals surface area (Å²) in [5, 5.41) is 0. The average Bonchev–Trinajstić information content (AvgIpc) is 2.38. The topological polar surface area (TPSA) is 26.3 Å². The van der Waals surface area contributed by atoms with Gasteiger partial charge >= 0.3 is 0 Å². The first-order valence-electron chi connectivity index (χ1n) is 5.46. The Morgan fingerprint density at radius 1 is 1.00 bits per heavy atom. The van der Waals surface area contributed by atoms with Crippen molar-refractivity contribution in [3.63, 3.8) is 0 Å². The SMILES string of the molecule is COc1cc(C)cc(C(=O)c2ccccc2)c1. The molecule has 0 aliphatic heterocycles. The summed E-state index contributed by atoms with van der Waals surface area (Å²) in [5.41, 5.74) is 2.37. The van der Waals surface area contributed by atoms with Gasteiger partial charge in [0.2, 0.25) is 0 Å². The number of hydrogen-bond donors (Lipinski definition) is 0. The highest BCUT2D eigenvalue weighted by Gasteiger charge is 2.10. The molecule has 0 atom stereocenters. The first-order valence-corrected chi connectivity index (χ1v) is 5.46. The second-order valence-corrected chi connectivity index (χ2v) is 3.93. The number of methoxy groups -OCH3 is 1. The number of carbonyl (C=O) groups excluding carboxylic acids is 1. The monoisotopic (exact) mass is 226 g/mol. The van der Waals surface area contributed by atoms with Crippen molar-refractivity contribution in [1.82, 2.24) is 0 Å². The van der Waals surface area contributed by atoms with E-state index in [0.29, 0.717) is 16.9 Å². The first kappa shape index (κ1) is 11.4. The van der Waals surface area contributed by atoms with E-state index in [1.807, 2.05) is 49.4 Å². The Bertz CT molecular complexity index is 530. The number of hydrogen-bond acceptors (Lipinski definition) is 2. The lowest BCUT2D eigenvalue weighted by Gasteiger charge is -2.06. The maximum Gasteiger partial charge on any atom is 0.193 e. The van der Waals surface area contributed by atoms with Gasteiger partial charge in [0.1, 0.15) is 5.75 Å². The maximum atomic E-state index is 12.2. The van der Waals surface area contributed by atoms with Gasteiger partial charge in [-0.1, -0.05) is 30.3 Å². The summed E-state index contributed by atoms with van der Waals surface area (Å²) in [6.07, 6.45) is 0. The number of rotatable bonds is 3. The van der Waals surface area contributed by atoms with Gasteiger partial charge in [-0.2, -0.15) is 0 Å². The van der Waals surface area contributed by atoms with E-state index >= 15 is 0 Å². The molecule has 2 nitrogen and oxygen atoms in total. The summed E-state index contributed by atoms with van der Waals surface area (Å²) < 4.78 is 5.17. The fourth-order valence-corrected chi connectivity index (χ4v) is 1.75. The number of benzene rings is 2. The average molecular weight is 226 g/mol. The lowest BCUT2D eigenvalue weighted by atomic mass is 10.0. The first-order chi connectivity index (χ1) is 8.20. The molecule has 2 heteroatoms. The molecular formula is C15H14O2. The summed E-state index contributed by atoms with van der Waals surface area (Å²) in [6.45, 7) is 1.95. The van der Waals surface area contributed by atoms with Crippen molar-refractivity contribution < 1.29 is 9.53 Å². The van der Waals surface area contributed by atoms with E-state index in [1.165, 1.54) is 0 Å². The predicted octanol–water partition coefficient (Wildman–Crippen LogP) is 3.23. The summed E-state index contributed by atoms with van der Waals surface area (Å²) >= 11 is 0. The third-order valence-electron chi connectivity index (χ3n) is 2.58. The molecule has 0 aliphatic rings. The Balaban J connectivity index is 2.41. The van der Waals surface area contributed by atoms with E-state index in [4.69, 9.17) is 4.74 Å². The highest BCUT2D eigenvalue weighted by atomic mass is 16.5. The molecule has 0 radical (unpaired) electrons. The van der Waals surface area contributed by atoms with Crippen LogP contribution in [0.5, 0.6) is 5.75 Å². The van der Waals surface area contributed by atoms with Crippen LogP contribution in [0.25, 0.3) is 0 Å². The van der Waals surface area contributed by atoms with Crippen LogP contribution in [-0.2, 0) is 0 Å². The van der Waals surface area contributed by atoms with Crippen molar-refractivity contribution in [2.45, 2.75) is 6.92 Å². The van der Waals surface area contributed by atoms with Crippen molar-refractivity contribution in [3.8, 4) is 5.75 Å². The summed E-state index contributed by atoms with van der Waals surface area (Å²) in [6, 6.07) is 14.8. The standard InChI is InChI=1S/C15H14O2/c1-11-8-13(10-14(9-11)17-2)15(16)12-6-4-3-5-7-12/h3-10H,1-2H3. The van der Waals surface area contributed by atoms with Crippen molar-refractivity contribution in [3.05, 3.63) is 65.2 Å². The minimum Gasteiger partial charge on any atom is -0.497 e. The lowest BCUT2D eigenvalue weighted by Crippen LogP contribution is -2.01. The highest BCUT2D eigenvalue weighted by molar-refractivity contribution is 6.09. The van der Waals surface area contributed by atoms with E-state index in [-0.39, 0.29) is 5.78 Å². The molecule has 2 aromatic rings. The highest BCUT2D eigenvalue weighted by Crippen LogP contribution is 2.19. The molecule has 0 amide bonds. The van der Waals surface area contributed by atoms with Crippen LogP contribution in [0.3, 0.4) is 0 Å². The molecule has 86 valence electrons. The summed E-state index contributed by atoms with van der Waals surface area (Å²) in [7, 11) is 1.60. The Hall–Kier alpha value is -2.09. The molecule has 0 N–H and O–H groups in total. The smallest absolute Gasteiger partial charge is 0.193 e. The van der Waals surface area contributed by atoms with Crippen LogP contribution >= 0.6 is 0 Å². The van der Waals surface area contributed by atoms with E-state index in [2.05, 4.69) is 0 Å². The van der Waals surface area contributed by atoms with Gasteiger partial charge in [0, 0.05) is 11.1 Å². The molecule has 0 saturated carbocycles. The fraction of sp³-hybridized carbons (Fsp3) is 0.133. The van der Waals surface area contributed by atoms with E-state index in [9.17, 15) is 4.79 Å². The van der Waals surface area contributed by atoms with Crippen LogP contribution in [0.2, 0.25) is 0 Å². The molecule has 2 aromatic carbocycles. The molecule has 0 bridgehead atoms. The van der Waals surface area contributed by atoms with Gasteiger partial charge in [0.15, 0.2) is 5.78 Å². The molecule has 0 aliphatic carbocycles. The maximum absolute atomic E-state index is 12.2. The molecular weight excluding hydrogens is 212 g/mol. The van der Waals surface area contributed by atoms with Gasteiger partial charge < -0.3 is 4.74 Å². The van der Waals surface area contributed by atoms with E-state index in [0.717, 1.165) is 5.56 Å². The Labute approximate surface area is 101 Å². The quantitative estimate of drug-likeness (QED) is 0.751. The van der Waals surface area contributed by atoms with Crippen molar-refractivity contribution in [2.24, 2.45) is 0 Å². The van der Waals surface area contributed by atoms with Crippen molar-refractivity contribution >= 4 is 5.78 Å². The second-order valence-electron chi connectivity index (χ2n) is 3.93. The molecule has 0 saturated heterocycles. The van der Waals surface area contributed by atoms with Gasteiger partial charge in [-0.3, -0.25) is 4.79 Å². The predicted molar refractivity (Wildman–Crippen MR) is 67.6 cm³/mol. The summed E-state index contributed by atoms with van der Waals surface area (Å²) in [4.78, 5) is 12.2. The number of carbonyl (C=O) groups is 1. The Morgan fingerprint density at radius 3 is 2.35 bits per heavy atom. The molecule has 0 aromatic heterocycles. The van der Waals surface area contributed by atoms with Gasteiger partial charge in [0.05, 0.1) is 7.11 Å². The van der Waals surface area contributed by atoms with Crippen LogP contribution in [0.4, 0.5) is 0 Å². The van der Waals surface area contributed by atoms with Gasteiger partial charge in [0.25, 0.3) is 0 Å². The van der Waals surface area contributed by atoms with Gasteiger partial charge in [-0.15, -0.1) is 0 Å². The normalized spacial score (nSPS) is 10.0. The Morgan fingerprint density at radius 2 is 1.71 bits per heavy atom. The minimum absolute atomic E-state index is 0.0209. The largest absolute Gasteiger partial charge is 0.497 e. The molecule has 17 heavy (non-hydrogen) atoms. The molecule has 0 fully saturated rings. The van der Waals surface area contributed by atoms with Crippen molar-refractivity contribution in [1.29, 1.82) is 0 Å². The van der Waals surface area contributed by atoms with Crippen LogP contribution in [0.15, 0.2) is 48.5 Å². The van der Waals surface area contributed by atoms with Crippen LogP contribution in [0.1, 0.15) is 21.5 Å². The van der Waals surface area contributed by atoms with E-state index < -0.39 is 0 Å². The van der Waals surface area contributed by atoms with E-state index in [1.54, 1.807) is 13.2 Å². The van der Waals surface area contributed by atoms with Crippen molar-refractivity contribution in [2.75, 3.05) is 7.11 Å². The third kappa shape index (κ3) is 2.53. The minimum atomic E-state index is 0.0209. The lowest BCUT2D eigenvalue weighted by molar-refractivity contribution is 0.103. The zero-order valence-electron chi connectivity index (χ0n) is 9.94. The number of ketones is 1. The van der Waals surface area contributed by atoms with Gasteiger partial charge in [-0.05, 0) is 30.7 Å². The van der Waals surface area contributed by atoms with Crippen LogP contribution < -0.4 is 4.74 Å². The molecule has 0 spiro atoms. The zero-order valence-corrected chi connectivity index (χ0v) is 9.94. The number of ether oxygens (including phenoxy) is 1. The molecule has 0 unspecified atom stereocenters. The summed E-state index contributed by atoms with van der Waals surface area (Å²) in [5.74, 6) is 0.733. The fourth-order valence-electron chi connectivity index (χ4n) is 1.75.